The Morgan fingerprint density at radius 2 is 2.00 bits per heavy atom. The Hall–Kier alpha value is -0.670. The minimum atomic E-state index is -2.57. The molecule has 0 aliphatic carbocycles. The zero-order valence-corrected chi connectivity index (χ0v) is 7.15. The summed E-state index contributed by atoms with van der Waals surface area (Å²) in [5, 5.41) is 0. The minimum absolute atomic E-state index is 0.0865. The Morgan fingerprint density at radius 3 is 2.58 bits per heavy atom. The van der Waals surface area contributed by atoms with Crippen molar-refractivity contribution in [3.05, 3.63) is 0 Å². The normalized spacial score (nSPS) is 23.4. The van der Waals surface area contributed by atoms with Crippen LogP contribution in [0.15, 0.2) is 0 Å². The van der Waals surface area contributed by atoms with Crippen LogP contribution in [0.4, 0.5) is 8.78 Å². The molecule has 4 heteroatoms. The highest BCUT2D eigenvalue weighted by molar-refractivity contribution is 5.73. The Morgan fingerprint density at radius 1 is 1.33 bits per heavy atom. The third kappa shape index (κ3) is 2.43. The van der Waals surface area contributed by atoms with Gasteiger partial charge in [0.1, 0.15) is 0 Å². The van der Waals surface area contributed by atoms with Crippen molar-refractivity contribution >= 4 is 5.91 Å². The molecule has 0 bridgehead atoms. The fourth-order valence-corrected chi connectivity index (χ4v) is 1.38. The Kier molecular flexibility index (Phi) is 2.65. The highest BCUT2D eigenvalue weighted by Crippen LogP contribution is 2.27. The van der Waals surface area contributed by atoms with Gasteiger partial charge in [-0.05, 0) is 6.42 Å². The van der Waals surface area contributed by atoms with Crippen molar-refractivity contribution < 1.29 is 13.6 Å². The number of alkyl halides is 2. The lowest BCUT2D eigenvalue weighted by Crippen LogP contribution is -2.30. The number of carbonyl (C=O) groups excluding carboxylic acids is 1. The van der Waals surface area contributed by atoms with Crippen molar-refractivity contribution in [1.29, 1.82) is 0 Å². The molecule has 0 aromatic carbocycles. The van der Waals surface area contributed by atoms with Crippen LogP contribution in [0, 0.1) is 0 Å². The summed E-state index contributed by atoms with van der Waals surface area (Å²) in [6.45, 7) is 2.09. The molecule has 0 radical (unpaired) electrons. The molecule has 0 saturated carbocycles. The SMILES string of the molecule is CC(=O)N1CCCC(F)(F)CC1. The van der Waals surface area contributed by atoms with Gasteiger partial charge in [0, 0.05) is 32.9 Å². The predicted octanol–water partition coefficient (Wildman–Crippen LogP) is 1.65. The van der Waals surface area contributed by atoms with E-state index in [2.05, 4.69) is 0 Å². The quantitative estimate of drug-likeness (QED) is 0.551. The lowest BCUT2D eigenvalue weighted by molar-refractivity contribution is -0.129. The van der Waals surface area contributed by atoms with E-state index in [1.54, 1.807) is 0 Å². The van der Waals surface area contributed by atoms with E-state index >= 15 is 0 Å². The van der Waals surface area contributed by atoms with Crippen LogP contribution < -0.4 is 0 Å². The molecule has 2 nitrogen and oxygen atoms in total. The number of halogens is 2. The van der Waals surface area contributed by atoms with E-state index in [9.17, 15) is 13.6 Å². The van der Waals surface area contributed by atoms with Crippen LogP contribution in [0.3, 0.4) is 0 Å². The number of rotatable bonds is 0. The first-order valence-corrected chi connectivity index (χ1v) is 4.15. The number of nitrogens with zero attached hydrogens (tertiary/aromatic N) is 1. The number of hydrogen-bond acceptors (Lipinski definition) is 1. The summed E-state index contributed by atoms with van der Waals surface area (Å²) in [5.41, 5.74) is 0. The first kappa shape index (κ1) is 9.42. The van der Waals surface area contributed by atoms with Crippen LogP contribution in [-0.4, -0.2) is 29.8 Å². The van der Waals surface area contributed by atoms with Crippen molar-refractivity contribution in [3.63, 3.8) is 0 Å². The van der Waals surface area contributed by atoms with Crippen molar-refractivity contribution in [2.24, 2.45) is 0 Å². The summed E-state index contributed by atoms with van der Waals surface area (Å²) in [6.07, 6.45) is 0.135. The second-order valence-electron chi connectivity index (χ2n) is 3.22. The fraction of sp³-hybridized carbons (Fsp3) is 0.875. The molecule has 1 fully saturated rings. The molecule has 0 spiro atoms. The molecular formula is C8H13F2NO. The first-order chi connectivity index (χ1) is 5.51. The molecule has 1 amide bonds. The number of likely N-dealkylation sites (tertiary alicyclic amines) is 1. The Balaban J connectivity index is 2.50. The summed E-state index contributed by atoms with van der Waals surface area (Å²) in [4.78, 5) is 12.3. The molecule has 1 rings (SSSR count). The smallest absolute Gasteiger partial charge is 0.249 e. The third-order valence-electron chi connectivity index (χ3n) is 2.16. The van der Waals surface area contributed by atoms with E-state index in [4.69, 9.17) is 0 Å². The van der Waals surface area contributed by atoms with Gasteiger partial charge in [-0.25, -0.2) is 8.78 Å². The highest BCUT2D eigenvalue weighted by Gasteiger charge is 2.32. The second kappa shape index (κ2) is 3.37. The molecule has 70 valence electrons. The van der Waals surface area contributed by atoms with Crippen LogP contribution in [0.25, 0.3) is 0 Å². The van der Waals surface area contributed by atoms with Crippen molar-refractivity contribution in [2.45, 2.75) is 32.1 Å². The molecule has 0 atom stereocenters. The predicted molar refractivity (Wildman–Crippen MR) is 41.1 cm³/mol. The van der Waals surface area contributed by atoms with Gasteiger partial charge in [-0.15, -0.1) is 0 Å². The molecule has 1 aliphatic heterocycles. The van der Waals surface area contributed by atoms with Gasteiger partial charge in [-0.2, -0.15) is 0 Å². The summed E-state index contributed by atoms with van der Waals surface area (Å²) >= 11 is 0. The lowest BCUT2D eigenvalue weighted by atomic mass is 10.1. The summed E-state index contributed by atoms with van der Waals surface area (Å²) < 4.78 is 25.5. The van der Waals surface area contributed by atoms with E-state index < -0.39 is 5.92 Å². The number of amides is 1. The standard InChI is InChI=1S/C8H13F2NO/c1-7(12)11-5-2-3-8(9,10)4-6-11/h2-6H2,1H3. The molecule has 0 aromatic heterocycles. The van der Waals surface area contributed by atoms with Gasteiger partial charge in [-0.1, -0.05) is 0 Å². The monoisotopic (exact) mass is 177 g/mol. The lowest BCUT2D eigenvalue weighted by Gasteiger charge is -2.17. The molecular weight excluding hydrogens is 164 g/mol. The largest absolute Gasteiger partial charge is 0.343 e. The minimum Gasteiger partial charge on any atom is -0.343 e. The highest BCUT2D eigenvalue weighted by atomic mass is 19.3. The van der Waals surface area contributed by atoms with Crippen LogP contribution in [0.5, 0.6) is 0 Å². The van der Waals surface area contributed by atoms with E-state index in [1.165, 1.54) is 11.8 Å². The summed E-state index contributed by atoms with van der Waals surface area (Å²) in [5.74, 6) is -2.67. The van der Waals surface area contributed by atoms with Gasteiger partial charge in [0.25, 0.3) is 0 Å². The van der Waals surface area contributed by atoms with Crippen molar-refractivity contribution in [2.75, 3.05) is 13.1 Å². The maximum atomic E-state index is 12.8. The van der Waals surface area contributed by atoms with Crippen LogP contribution in [0.2, 0.25) is 0 Å². The van der Waals surface area contributed by atoms with E-state index in [1.807, 2.05) is 0 Å². The summed E-state index contributed by atoms with van der Waals surface area (Å²) in [7, 11) is 0. The van der Waals surface area contributed by atoms with E-state index in [0.29, 0.717) is 13.0 Å². The van der Waals surface area contributed by atoms with Crippen molar-refractivity contribution in [1.82, 2.24) is 4.90 Å². The van der Waals surface area contributed by atoms with Gasteiger partial charge >= 0.3 is 0 Å². The maximum absolute atomic E-state index is 12.8. The molecule has 1 heterocycles. The molecule has 1 aliphatic rings. The van der Waals surface area contributed by atoms with Crippen LogP contribution in [0.1, 0.15) is 26.2 Å². The summed E-state index contributed by atoms with van der Waals surface area (Å²) in [6, 6.07) is 0. The van der Waals surface area contributed by atoms with Gasteiger partial charge in [0.2, 0.25) is 11.8 Å². The molecule has 12 heavy (non-hydrogen) atoms. The van der Waals surface area contributed by atoms with Crippen LogP contribution in [-0.2, 0) is 4.79 Å². The average Bonchev–Trinajstić information content (AvgIpc) is 2.10. The molecule has 1 saturated heterocycles. The Labute approximate surface area is 70.5 Å². The zero-order chi connectivity index (χ0) is 9.19. The van der Waals surface area contributed by atoms with E-state index in [-0.39, 0.29) is 25.3 Å². The van der Waals surface area contributed by atoms with Gasteiger partial charge in [0.15, 0.2) is 0 Å². The zero-order valence-electron chi connectivity index (χ0n) is 7.15. The molecule has 0 N–H and O–H groups in total. The second-order valence-corrected chi connectivity index (χ2v) is 3.22. The third-order valence-corrected chi connectivity index (χ3v) is 2.16. The number of carbonyl (C=O) groups is 1. The van der Waals surface area contributed by atoms with Gasteiger partial charge in [0.05, 0.1) is 0 Å². The Bertz CT molecular complexity index is 182. The first-order valence-electron chi connectivity index (χ1n) is 4.15. The topological polar surface area (TPSA) is 20.3 Å². The van der Waals surface area contributed by atoms with Gasteiger partial charge < -0.3 is 4.90 Å². The van der Waals surface area contributed by atoms with Crippen LogP contribution >= 0.6 is 0 Å². The average molecular weight is 177 g/mol. The maximum Gasteiger partial charge on any atom is 0.249 e. The van der Waals surface area contributed by atoms with E-state index in [0.717, 1.165) is 0 Å². The fourth-order valence-electron chi connectivity index (χ4n) is 1.38. The number of hydrogen-bond donors (Lipinski definition) is 0. The molecule has 0 aromatic rings. The molecule has 0 unspecified atom stereocenters. The van der Waals surface area contributed by atoms with Crippen molar-refractivity contribution in [3.8, 4) is 0 Å². The van der Waals surface area contributed by atoms with Gasteiger partial charge in [-0.3, -0.25) is 4.79 Å².